The van der Waals surface area contributed by atoms with Crippen molar-refractivity contribution < 1.29 is 17.9 Å². The van der Waals surface area contributed by atoms with Gasteiger partial charge in [0.1, 0.15) is 0 Å². The van der Waals surface area contributed by atoms with Gasteiger partial charge in [0, 0.05) is 19.3 Å². The summed E-state index contributed by atoms with van der Waals surface area (Å²) in [5.74, 6) is 0. The van der Waals surface area contributed by atoms with Crippen LogP contribution in [0.4, 0.5) is 10.5 Å². The van der Waals surface area contributed by atoms with Crippen molar-refractivity contribution in [2.45, 2.75) is 4.90 Å². The molecular weight excluding hydrogens is 258 g/mol. The summed E-state index contributed by atoms with van der Waals surface area (Å²) in [5, 5.41) is 10.0. The molecule has 0 saturated carbocycles. The van der Waals surface area contributed by atoms with E-state index in [9.17, 15) is 13.2 Å². The second-order valence-electron chi connectivity index (χ2n) is 3.44. The Kier molecular flexibility index (Phi) is 5.08. The minimum atomic E-state index is -3.71. The molecule has 0 saturated heterocycles. The van der Waals surface area contributed by atoms with Crippen LogP contribution in [-0.2, 0) is 14.8 Å². The molecular formula is C10H15N3O4S. The largest absolute Gasteiger partial charge is 0.383 e. The molecule has 1 aromatic rings. The molecule has 0 bridgehead atoms. The lowest BCUT2D eigenvalue weighted by molar-refractivity contribution is 0.198. The number of hydrogen-bond donors (Lipinski definition) is 3. The zero-order chi connectivity index (χ0) is 13.6. The molecule has 0 heterocycles. The van der Waals surface area contributed by atoms with E-state index < -0.39 is 16.1 Å². The lowest BCUT2D eigenvalue weighted by Crippen LogP contribution is -2.31. The van der Waals surface area contributed by atoms with E-state index in [0.29, 0.717) is 18.8 Å². The number of urea groups is 1. The van der Waals surface area contributed by atoms with Gasteiger partial charge in [-0.1, -0.05) is 0 Å². The summed E-state index contributed by atoms with van der Waals surface area (Å²) < 4.78 is 26.8. The van der Waals surface area contributed by atoms with Crippen LogP contribution < -0.4 is 15.8 Å². The van der Waals surface area contributed by atoms with Gasteiger partial charge in [0.2, 0.25) is 10.0 Å². The van der Waals surface area contributed by atoms with Gasteiger partial charge in [-0.2, -0.15) is 0 Å². The van der Waals surface area contributed by atoms with Crippen LogP contribution in [0, 0.1) is 0 Å². The molecule has 0 aromatic heterocycles. The van der Waals surface area contributed by atoms with Crippen molar-refractivity contribution in [3.63, 3.8) is 0 Å². The van der Waals surface area contributed by atoms with Crippen molar-refractivity contribution >= 4 is 21.7 Å². The SMILES string of the molecule is COCCNC(=O)Nc1ccc(S(N)(=O)=O)cc1. The molecule has 0 spiro atoms. The number of ether oxygens (including phenoxy) is 1. The molecule has 18 heavy (non-hydrogen) atoms. The molecule has 7 nitrogen and oxygen atoms in total. The highest BCUT2D eigenvalue weighted by atomic mass is 32.2. The second kappa shape index (κ2) is 6.34. The Morgan fingerprint density at radius 2 is 1.94 bits per heavy atom. The van der Waals surface area contributed by atoms with E-state index in [2.05, 4.69) is 10.6 Å². The maximum Gasteiger partial charge on any atom is 0.319 e. The third-order valence-electron chi connectivity index (χ3n) is 2.03. The van der Waals surface area contributed by atoms with Crippen molar-refractivity contribution in [3.05, 3.63) is 24.3 Å². The van der Waals surface area contributed by atoms with Gasteiger partial charge < -0.3 is 15.4 Å². The molecule has 1 aromatic carbocycles. The van der Waals surface area contributed by atoms with Crippen molar-refractivity contribution in [2.24, 2.45) is 5.14 Å². The summed E-state index contributed by atoms with van der Waals surface area (Å²) in [6.07, 6.45) is 0. The number of nitrogens with one attached hydrogen (secondary N) is 2. The molecule has 0 atom stereocenters. The number of anilines is 1. The Labute approximate surface area is 105 Å². The number of amides is 2. The average molecular weight is 273 g/mol. The van der Waals surface area contributed by atoms with E-state index in [1.165, 1.54) is 31.4 Å². The summed E-state index contributed by atoms with van der Waals surface area (Å²) in [5.41, 5.74) is 0.470. The zero-order valence-electron chi connectivity index (χ0n) is 9.84. The normalized spacial score (nSPS) is 11.0. The van der Waals surface area contributed by atoms with Crippen LogP contribution in [-0.4, -0.2) is 34.7 Å². The Morgan fingerprint density at radius 3 is 2.44 bits per heavy atom. The summed E-state index contributed by atoms with van der Waals surface area (Å²) in [4.78, 5) is 11.3. The number of hydrogen-bond acceptors (Lipinski definition) is 4. The van der Waals surface area contributed by atoms with E-state index in [-0.39, 0.29) is 4.90 Å². The fourth-order valence-corrected chi connectivity index (χ4v) is 1.69. The molecule has 4 N–H and O–H groups in total. The Balaban J connectivity index is 2.56. The monoisotopic (exact) mass is 273 g/mol. The highest BCUT2D eigenvalue weighted by Crippen LogP contribution is 2.12. The van der Waals surface area contributed by atoms with Crippen LogP contribution in [0.5, 0.6) is 0 Å². The number of primary sulfonamides is 1. The first kappa shape index (κ1) is 14.4. The smallest absolute Gasteiger partial charge is 0.319 e. The maximum absolute atomic E-state index is 11.3. The van der Waals surface area contributed by atoms with Crippen LogP contribution in [0.1, 0.15) is 0 Å². The number of methoxy groups -OCH3 is 1. The van der Waals surface area contributed by atoms with E-state index in [4.69, 9.17) is 9.88 Å². The van der Waals surface area contributed by atoms with Gasteiger partial charge in [-0.25, -0.2) is 18.4 Å². The number of carbonyl (C=O) groups excluding carboxylic acids is 1. The van der Waals surface area contributed by atoms with Crippen LogP contribution in [0.25, 0.3) is 0 Å². The van der Waals surface area contributed by atoms with E-state index in [0.717, 1.165) is 0 Å². The van der Waals surface area contributed by atoms with E-state index in [1.54, 1.807) is 0 Å². The average Bonchev–Trinajstić information content (AvgIpc) is 2.29. The Bertz CT molecular complexity index is 498. The molecule has 0 fully saturated rings. The predicted octanol–water partition coefficient (Wildman–Crippen LogP) is 0.102. The van der Waals surface area contributed by atoms with Crippen LogP contribution >= 0.6 is 0 Å². The first-order valence-electron chi connectivity index (χ1n) is 5.10. The molecule has 100 valence electrons. The third kappa shape index (κ3) is 4.70. The van der Waals surface area contributed by atoms with Crippen molar-refractivity contribution in [3.8, 4) is 0 Å². The van der Waals surface area contributed by atoms with Crippen molar-refractivity contribution in [2.75, 3.05) is 25.6 Å². The molecule has 0 aliphatic carbocycles. The highest BCUT2D eigenvalue weighted by molar-refractivity contribution is 7.89. The molecule has 0 radical (unpaired) electrons. The summed E-state index contributed by atoms with van der Waals surface area (Å²) in [6.45, 7) is 0.801. The lowest BCUT2D eigenvalue weighted by Gasteiger charge is -2.07. The first-order chi connectivity index (χ1) is 8.43. The second-order valence-corrected chi connectivity index (χ2v) is 5.00. The predicted molar refractivity (Wildman–Crippen MR) is 66.7 cm³/mol. The molecule has 0 unspecified atom stereocenters. The van der Waals surface area contributed by atoms with Crippen molar-refractivity contribution in [1.29, 1.82) is 0 Å². The number of nitrogens with two attached hydrogens (primary N) is 1. The molecule has 2 amide bonds. The fraction of sp³-hybridized carbons (Fsp3) is 0.300. The number of sulfonamides is 1. The Hall–Kier alpha value is -1.64. The summed E-state index contributed by atoms with van der Waals surface area (Å²) >= 11 is 0. The highest BCUT2D eigenvalue weighted by Gasteiger charge is 2.07. The number of benzene rings is 1. The van der Waals surface area contributed by atoms with Crippen LogP contribution in [0.15, 0.2) is 29.2 Å². The Morgan fingerprint density at radius 1 is 1.33 bits per heavy atom. The van der Waals surface area contributed by atoms with Crippen LogP contribution in [0.3, 0.4) is 0 Å². The quantitative estimate of drug-likeness (QED) is 0.661. The molecule has 1 rings (SSSR count). The summed E-state index contributed by atoms with van der Waals surface area (Å²) in [6, 6.07) is 5.15. The standard InChI is InChI=1S/C10H15N3O4S/c1-17-7-6-12-10(14)13-8-2-4-9(5-3-8)18(11,15)16/h2-5H,6-7H2,1H3,(H2,11,15,16)(H2,12,13,14). The van der Waals surface area contributed by atoms with E-state index >= 15 is 0 Å². The van der Waals surface area contributed by atoms with Gasteiger partial charge in [0.05, 0.1) is 11.5 Å². The molecule has 8 heteroatoms. The minimum absolute atomic E-state index is 0.00663. The first-order valence-corrected chi connectivity index (χ1v) is 6.65. The van der Waals surface area contributed by atoms with Gasteiger partial charge in [0.25, 0.3) is 0 Å². The number of carbonyl (C=O) groups is 1. The van der Waals surface area contributed by atoms with E-state index in [1.807, 2.05) is 0 Å². The van der Waals surface area contributed by atoms with Gasteiger partial charge in [-0.05, 0) is 24.3 Å². The fourth-order valence-electron chi connectivity index (χ4n) is 1.17. The van der Waals surface area contributed by atoms with Gasteiger partial charge >= 0.3 is 6.03 Å². The maximum atomic E-state index is 11.3. The topological polar surface area (TPSA) is 111 Å². The molecule has 0 aliphatic heterocycles. The van der Waals surface area contributed by atoms with Gasteiger partial charge in [-0.15, -0.1) is 0 Å². The summed E-state index contributed by atoms with van der Waals surface area (Å²) in [7, 11) is -2.18. The van der Waals surface area contributed by atoms with Crippen LogP contribution in [0.2, 0.25) is 0 Å². The lowest BCUT2D eigenvalue weighted by atomic mass is 10.3. The minimum Gasteiger partial charge on any atom is -0.383 e. The van der Waals surface area contributed by atoms with Gasteiger partial charge in [0.15, 0.2) is 0 Å². The van der Waals surface area contributed by atoms with Crippen molar-refractivity contribution in [1.82, 2.24) is 5.32 Å². The zero-order valence-corrected chi connectivity index (χ0v) is 10.7. The van der Waals surface area contributed by atoms with Gasteiger partial charge in [-0.3, -0.25) is 0 Å². The molecule has 0 aliphatic rings. The third-order valence-corrected chi connectivity index (χ3v) is 2.96. The number of rotatable bonds is 5.